The Morgan fingerprint density at radius 1 is 0.912 bits per heavy atom. The molecule has 178 valence electrons. The number of halogens is 2. The van der Waals surface area contributed by atoms with Crippen LogP contribution in [-0.4, -0.2) is 33.6 Å². The summed E-state index contributed by atoms with van der Waals surface area (Å²) < 4.78 is 70.4. The molecule has 0 radical (unpaired) electrons. The first-order valence-electron chi connectivity index (χ1n) is 10.2. The molecule has 34 heavy (non-hydrogen) atoms. The van der Waals surface area contributed by atoms with E-state index in [1.807, 2.05) is 0 Å². The van der Waals surface area contributed by atoms with Gasteiger partial charge in [0.25, 0.3) is 15.9 Å². The predicted octanol–water partition coefficient (Wildman–Crippen LogP) is 3.94. The van der Waals surface area contributed by atoms with E-state index in [1.54, 1.807) is 0 Å². The number of sulfonamides is 1. The third-order valence-corrected chi connectivity index (χ3v) is 6.18. The lowest BCUT2D eigenvalue weighted by atomic mass is 10.2. The Hall–Kier alpha value is -3.86. The number of hydrogen-bond acceptors (Lipinski definition) is 6. The molecule has 1 aliphatic rings. The summed E-state index contributed by atoms with van der Waals surface area (Å²) in [6, 6.07) is 13.3. The fourth-order valence-corrected chi connectivity index (χ4v) is 4.15. The van der Waals surface area contributed by atoms with Crippen LogP contribution in [0.2, 0.25) is 0 Å². The van der Waals surface area contributed by atoms with Gasteiger partial charge in [-0.1, -0.05) is 0 Å². The molecule has 0 fully saturated rings. The van der Waals surface area contributed by atoms with Gasteiger partial charge in [0, 0.05) is 23.5 Å². The molecular weight excluding hydrogens is 470 g/mol. The first kappa shape index (κ1) is 23.3. The standard InChI is InChI=1S/C23H20F2N2O6S/c1-14(33-17-6-8-19(24)20(25)12-17)23(28)26-15-2-4-16(5-3-15)27-34(29,30)18-7-9-21-22(13-18)32-11-10-31-21/h2-9,12-14,27H,10-11H2,1H3,(H,26,28). The Morgan fingerprint density at radius 2 is 1.59 bits per heavy atom. The number of nitrogens with one attached hydrogen (secondary N) is 2. The molecule has 8 nitrogen and oxygen atoms in total. The van der Waals surface area contributed by atoms with Crippen molar-refractivity contribution in [3.63, 3.8) is 0 Å². The molecule has 1 heterocycles. The summed E-state index contributed by atoms with van der Waals surface area (Å²) in [5.41, 5.74) is 0.659. The van der Waals surface area contributed by atoms with Gasteiger partial charge in [-0.15, -0.1) is 0 Å². The average Bonchev–Trinajstić information content (AvgIpc) is 2.82. The molecule has 3 aromatic carbocycles. The Balaban J connectivity index is 1.37. The monoisotopic (exact) mass is 490 g/mol. The van der Waals surface area contributed by atoms with Crippen molar-refractivity contribution in [3.05, 3.63) is 72.3 Å². The van der Waals surface area contributed by atoms with Gasteiger partial charge in [-0.05, 0) is 55.5 Å². The summed E-state index contributed by atoms with van der Waals surface area (Å²) in [7, 11) is -3.89. The molecule has 0 saturated carbocycles. The minimum Gasteiger partial charge on any atom is -0.486 e. The molecule has 1 atom stereocenters. The number of fused-ring (bicyclic) bond motifs is 1. The molecule has 2 N–H and O–H groups in total. The molecule has 0 saturated heterocycles. The first-order valence-corrected chi connectivity index (χ1v) is 11.6. The average molecular weight is 490 g/mol. The number of anilines is 2. The fraction of sp³-hybridized carbons (Fsp3) is 0.174. The normalized spacial score (nSPS) is 13.6. The van der Waals surface area contributed by atoms with E-state index in [9.17, 15) is 22.0 Å². The lowest BCUT2D eigenvalue weighted by molar-refractivity contribution is -0.122. The van der Waals surface area contributed by atoms with E-state index in [2.05, 4.69) is 10.0 Å². The van der Waals surface area contributed by atoms with E-state index < -0.39 is 33.7 Å². The summed E-state index contributed by atoms with van der Waals surface area (Å²) in [5, 5.41) is 2.60. The summed E-state index contributed by atoms with van der Waals surface area (Å²) in [6.07, 6.45) is -1.00. The van der Waals surface area contributed by atoms with Crippen LogP contribution >= 0.6 is 0 Å². The number of ether oxygens (including phenoxy) is 3. The first-order chi connectivity index (χ1) is 16.2. The number of amides is 1. The second-order valence-electron chi connectivity index (χ2n) is 7.31. The van der Waals surface area contributed by atoms with Crippen molar-refractivity contribution in [3.8, 4) is 17.2 Å². The van der Waals surface area contributed by atoms with Crippen molar-refractivity contribution in [2.45, 2.75) is 17.9 Å². The topological polar surface area (TPSA) is 103 Å². The highest BCUT2D eigenvalue weighted by Crippen LogP contribution is 2.32. The second-order valence-corrected chi connectivity index (χ2v) is 9.00. The highest BCUT2D eigenvalue weighted by Gasteiger charge is 2.20. The summed E-state index contributed by atoms with van der Waals surface area (Å²) in [5.74, 6) is -1.80. The van der Waals surface area contributed by atoms with E-state index in [0.29, 0.717) is 30.4 Å². The number of rotatable bonds is 7. The molecule has 1 unspecified atom stereocenters. The smallest absolute Gasteiger partial charge is 0.265 e. The second kappa shape index (κ2) is 9.56. The molecule has 11 heteroatoms. The molecule has 0 bridgehead atoms. The highest BCUT2D eigenvalue weighted by molar-refractivity contribution is 7.92. The molecule has 0 aromatic heterocycles. The van der Waals surface area contributed by atoms with Crippen molar-refractivity contribution in [2.24, 2.45) is 0 Å². The Kier molecular flexibility index (Phi) is 6.55. The molecule has 1 aliphatic heterocycles. The van der Waals surface area contributed by atoms with Crippen LogP contribution in [-0.2, 0) is 14.8 Å². The van der Waals surface area contributed by atoms with Crippen molar-refractivity contribution in [1.82, 2.24) is 0 Å². The van der Waals surface area contributed by atoms with Crippen LogP contribution in [0.1, 0.15) is 6.92 Å². The zero-order valence-corrected chi connectivity index (χ0v) is 18.7. The van der Waals surface area contributed by atoms with Crippen LogP contribution in [0.4, 0.5) is 20.2 Å². The van der Waals surface area contributed by atoms with E-state index >= 15 is 0 Å². The maximum atomic E-state index is 13.3. The van der Waals surface area contributed by atoms with Gasteiger partial charge in [0.1, 0.15) is 19.0 Å². The van der Waals surface area contributed by atoms with E-state index in [0.717, 1.165) is 12.1 Å². The van der Waals surface area contributed by atoms with Gasteiger partial charge in [-0.2, -0.15) is 0 Å². The van der Waals surface area contributed by atoms with Gasteiger partial charge < -0.3 is 19.5 Å². The summed E-state index contributed by atoms with van der Waals surface area (Å²) in [4.78, 5) is 12.4. The van der Waals surface area contributed by atoms with E-state index in [4.69, 9.17) is 14.2 Å². The van der Waals surface area contributed by atoms with Gasteiger partial charge in [-0.3, -0.25) is 9.52 Å². The molecule has 0 spiro atoms. The number of carbonyl (C=O) groups is 1. The SMILES string of the molecule is CC(Oc1ccc(F)c(F)c1)C(=O)Nc1ccc(NS(=O)(=O)c2ccc3c(c2)OCCO3)cc1. The largest absolute Gasteiger partial charge is 0.486 e. The van der Waals surface area contributed by atoms with E-state index in [1.165, 1.54) is 55.5 Å². The van der Waals surface area contributed by atoms with Crippen LogP contribution < -0.4 is 24.2 Å². The van der Waals surface area contributed by atoms with Crippen molar-refractivity contribution < 1.29 is 36.2 Å². The zero-order chi connectivity index (χ0) is 24.3. The number of benzene rings is 3. The molecule has 0 aliphatic carbocycles. The summed E-state index contributed by atoms with van der Waals surface area (Å²) >= 11 is 0. The fourth-order valence-electron chi connectivity index (χ4n) is 3.08. The maximum absolute atomic E-state index is 13.3. The maximum Gasteiger partial charge on any atom is 0.265 e. The van der Waals surface area contributed by atoms with Crippen molar-refractivity contribution in [1.29, 1.82) is 0 Å². The van der Waals surface area contributed by atoms with Crippen molar-refractivity contribution in [2.75, 3.05) is 23.3 Å². The van der Waals surface area contributed by atoms with Crippen LogP contribution in [0.25, 0.3) is 0 Å². The zero-order valence-electron chi connectivity index (χ0n) is 17.9. The van der Waals surface area contributed by atoms with Gasteiger partial charge in [-0.25, -0.2) is 17.2 Å². The third-order valence-electron chi connectivity index (χ3n) is 4.80. The molecule has 3 aromatic rings. The minimum absolute atomic E-state index is 0.00504. The number of hydrogen-bond donors (Lipinski definition) is 2. The Labute approximate surface area is 194 Å². The van der Waals surface area contributed by atoms with Gasteiger partial charge in [0.05, 0.1) is 4.90 Å². The highest BCUT2D eigenvalue weighted by atomic mass is 32.2. The predicted molar refractivity (Wildman–Crippen MR) is 120 cm³/mol. The molecular formula is C23H20F2N2O6S. The lowest BCUT2D eigenvalue weighted by Gasteiger charge is -2.19. The Bertz CT molecular complexity index is 1320. The lowest BCUT2D eigenvalue weighted by Crippen LogP contribution is -2.30. The number of carbonyl (C=O) groups excluding carboxylic acids is 1. The van der Waals surface area contributed by atoms with Crippen LogP contribution in [0.15, 0.2) is 65.6 Å². The minimum atomic E-state index is -3.89. The van der Waals surface area contributed by atoms with Gasteiger partial charge >= 0.3 is 0 Å². The molecule has 1 amide bonds. The summed E-state index contributed by atoms with van der Waals surface area (Å²) in [6.45, 7) is 2.18. The third kappa shape index (κ3) is 5.37. The quantitative estimate of drug-likeness (QED) is 0.520. The van der Waals surface area contributed by atoms with Crippen molar-refractivity contribution >= 4 is 27.3 Å². The van der Waals surface area contributed by atoms with E-state index in [-0.39, 0.29) is 16.3 Å². The Morgan fingerprint density at radius 3 is 2.29 bits per heavy atom. The van der Waals surface area contributed by atoms with Gasteiger partial charge in [0.15, 0.2) is 29.2 Å². The van der Waals surface area contributed by atoms with Crippen LogP contribution in [0.3, 0.4) is 0 Å². The molecule has 4 rings (SSSR count). The van der Waals surface area contributed by atoms with Crippen LogP contribution in [0, 0.1) is 11.6 Å². The van der Waals surface area contributed by atoms with Gasteiger partial charge in [0.2, 0.25) is 0 Å². The van der Waals surface area contributed by atoms with Crippen LogP contribution in [0.5, 0.6) is 17.2 Å².